The van der Waals surface area contributed by atoms with E-state index in [1.807, 2.05) is 0 Å². The zero-order chi connectivity index (χ0) is 15.7. The average molecular weight is 323 g/mol. The Morgan fingerprint density at radius 1 is 1.12 bits per heavy atom. The third kappa shape index (κ3) is 1.64. The van der Waals surface area contributed by atoms with Gasteiger partial charge in [0.15, 0.2) is 0 Å². The molecule has 2 aromatic rings. The summed E-state index contributed by atoms with van der Waals surface area (Å²) in [5.41, 5.74) is 4.71. The number of rotatable bonds is 1. The van der Waals surface area contributed by atoms with E-state index in [-0.39, 0.29) is 5.54 Å². The smallest absolute Gasteiger partial charge is 0.0682 e. The number of nitrogens with one attached hydrogen (secondary N) is 1. The molecule has 1 aromatic carbocycles. The van der Waals surface area contributed by atoms with E-state index in [1.54, 1.807) is 11.3 Å². The third-order valence-corrected chi connectivity index (χ3v) is 7.14. The number of benzene rings is 1. The van der Waals surface area contributed by atoms with E-state index >= 15 is 0 Å². The lowest BCUT2D eigenvalue weighted by Gasteiger charge is -2.63. The highest BCUT2D eigenvalue weighted by Crippen LogP contribution is 2.51. The second-order valence-electron chi connectivity index (χ2n) is 8.07. The van der Waals surface area contributed by atoms with Crippen LogP contribution in [0.4, 0.5) is 0 Å². The number of ether oxygens (including phenoxy) is 1. The SMILES string of the molecule is c1ccc2c3c([nH]c2c1)C12CCN(CC1)[C@@H]([C@H]1CCOC1)N2CC3. The Bertz CT molecular complexity index is 781. The molecule has 4 nitrogen and oxygen atoms in total. The fourth-order valence-corrected chi connectivity index (χ4v) is 6.07. The molecule has 0 unspecified atom stereocenters. The van der Waals surface area contributed by atoms with E-state index in [0.717, 1.165) is 13.2 Å². The van der Waals surface area contributed by atoms with Crippen LogP contribution in [0.2, 0.25) is 0 Å². The van der Waals surface area contributed by atoms with Crippen molar-refractivity contribution in [3.8, 4) is 0 Å². The van der Waals surface area contributed by atoms with Crippen molar-refractivity contribution in [3.05, 3.63) is 35.5 Å². The molecule has 0 saturated carbocycles. The molecular formula is C20H25N3O. The molecule has 0 amide bonds. The second kappa shape index (κ2) is 4.84. The molecular weight excluding hydrogens is 298 g/mol. The van der Waals surface area contributed by atoms with Gasteiger partial charge in [0.1, 0.15) is 0 Å². The maximum absolute atomic E-state index is 5.75. The molecule has 24 heavy (non-hydrogen) atoms. The van der Waals surface area contributed by atoms with Gasteiger partial charge in [-0.1, -0.05) is 18.2 Å². The summed E-state index contributed by atoms with van der Waals surface area (Å²) in [6.07, 6.45) is 5.55. The van der Waals surface area contributed by atoms with Gasteiger partial charge in [-0.05, 0) is 37.3 Å². The highest BCUT2D eigenvalue weighted by atomic mass is 16.5. The van der Waals surface area contributed by atoms with Gasteiger partial charge in [0.25, 0.3) is 0 Å². The Hall–Kier alpha value is -1.36. The minimum atomic E-state index is 0.245. The highest BCUT2D eigenvalue weighted by molar-refractivity contribution is 5.85. The Morgan fingerprint density at radius 2 is 2.00 bits per heavy atom. The van der Waals surface area contributed by atoms with Gasteiger partial charge >= 0.3 is 0 Å². The maximum atomic E-state index is 5.75. The van der Waals surface area contributed by atoms with Gasteiger partial charge in [-0.2, -0.15) is 0 Å². The van der Waals surface area contributed by atoms with Crippen LogP contribution in [-0.4, -0.2) is 53.8 Å². The number of hydrogen-bond donors (Lipinski definition) is 1. The average Bonchev–Trinajstić information content (AvgIpc) is 3.29. The zero-order valence-electron chi connectivity index (χ0n) is 14.1. The largest absolute Gasteiger partial charge is 0.381 e. The van der Waals surface area contributed by atoms with Crippen LogP contribution in [0, 0.1) is 5.92 Å². The van der Waals surface area contributed by atoms with Crippen molar-refractivity contribution >= 4 is 10.9 Å². The first-order valence-electron chi connectivity index (χ1n) is 9.55. The first-order valence-corrected chi connectivity index (χ1v) is 9.55. The lowest BCUT2D eigenvalue weighted by atomic mass is 9.73. The van der Waals surface area contributed by atoms with E-state index in [9.17, 15) is 0 Å². The number of nitrogens with zero attached hydrogens (tertiary/aromatic N) is 2. The maximum Gasteiger partial charge on any atom is 0.0682 e. The van der Waals surface area contributed by atoms with Crippen molar-refractivity contribution < 1.29 is 4.74 Å². The van der Waals surface area contributed by atoms with Crippen molar-refractivity contribution in [2.75, 3.05) is 32.8 Å². The molecule has 6 heterocycles. The molecule has 4 fully saturated rings. The number of aromatic nitrogens is 1. The van der Waals surface area contributed by atoms with Gasteiger partial charge in [0, 0.05) is 48.8 Å². The van der Waals surface area contributed by atoms with E-state index < -0.39 is 0 Å². The Kier molecular flexibility index (Phi) is 2.80. The molecule has 1 aromatic heterocycles. The van der Waals surface area contributed by atoms with Crippen LogP contribution in [0.1, 0.15) is 30.5 Å². The molecule has 7 rings (SSSR count). The Balaban J connectivity index is 1.51. The minimum absolute atomic E-state index is 0.245. The topological polar surface area (TPSA) is 31.5 Å². The van der Waals surface area contributed by atoms with Gasteiger partial charge < -0.3 is 9.72 Å². The van der Waals surface area contributed by atoms with E-state index in [4.69, 9.17) is 4.74 Å². The number of fused-ring (bicyclic) bond motifs is 5. The van der Waals surface area contributed by atoms with E-state index in [2.05, 4.69) is 39.0 Å². The quantitative estimate of drug-likeness (QED) is 0.875. The predicted octanol–water partition coefficient (Wildman–Crippen LogP) is 2.69. The highest BCUT2D eigenvalue weighted by Gasteiger charge is 2.56. The van der Waals surface area contributed by atoms with Crippen molar-refractivity contribution in [1.29, 1.82) is 0 Å². The summed E-state index contributed by atoms with van der Waals surface area (Å²) in [7, 11) is 0. The van der Waals surface area contributed by atoms with Crippen LogP contribution < -0.4 is 0 Å². The Labute approximate surface area is 142 Å². The standard InChI is InChI=1S/C20H25N3O/c1-2-4-17-15(3-1)16-5-9-23-19(14-6-12-24-13-14)22-10-7-20(23,8-11-22)18(16)21-17/h1-4,14,19,21H,5-13H2/t14-,19+/m0/s1. The summed E-state index contributed by atoms with van der Waals surface area (Å²) in [6, 6.07) is 8.89. The van der Waals surface area contributed by atoms with E-state index in [1.165, 1.54) is 56.2 Å². The minimum Gasteiger partial charge on any atom is -0.381 e. The summed E-state index contributed by atoms with van der Waals surface area (Å²) in [5.74, 6) is 0.691. The molecule has 126 valence electrons. The molecule has 4 saturated heterocycles. The molecule has 2 atom stereocenters. The molecule has 2 bridgehead atoms. The molecule has 0 aliphatic carbocycles. The number of hydrogen-bond acceptors (Lipinski definition) is 3. The van der Waals surface area contributed by atoms with Crippen molar-refractivity contribution in [2.24, 2.45) is 5.92 Å². The summed E-state index contributed by atoms with van der Waals surface area (Å²) in [6.45, 7) is 5.59. The first kappa shape index (κ1) is 13.9. The van der Waals surface area contributed by atoms with Gasteiger partial charge in [-0.3, -0.25) is 9.80 Å². The lowest BCUT2D eigenvalue weighted by Crippen LogP contribution is -2.71. The van der Waals surface area contributed by atoms with Gasteiger partial charge in [-0.15, -0.1) is 0 Å². The van der Waals surface area contributed by atoms with Gasteiger partial charge in [0.05, 0.1) is 18.3 Å². The summed E-state index contributed by atoms with van der Waals surface area (Å²) in [4.78, 5) is 9.45. The molecule has 1 spiro atoms. The lowest BCUT2D eigenvalue weighted by molar-refractivity contribution is -0.165. The number of piperidine rings is 1. The van der Waals surface area contributed by atoms with Crippen LogP contribution in [-0.2, 0) is 16.7 Å². The Morgan fingerprint density at radius 3 is 2.83 bits per heavy atom. The summed E-state index contributed by atoms with van der Waals surface area (Å²) >= 11 is 0. The molecule has 4 heteroatoms. The fourth-order valence-electron chi connectivity index (χ4n) is 6.07. The normalized spacial score (nSPS) is 38.4. The molecule has 1 N–H and O–H groups in total. The summed E-state index contributed by atoms with van der Waals surface area (Å²) in [5, 5.41) is 1.45. The second-order valence-corrected chi connectivity index (χ2v) is 8.07. The third-order valence-electron chi connectivity index (χ3n) is 7.14. The fraction of sp³-hybridized carbons (Fsp3) is 0.600. The van der Waals surface area contributed by atoms with Crippen molar-refractivity contribution in [2.45, 2.75) is 37.4 Å². The van der Waals surface area contributed by atoms with Gasteiger partial charge in [0.2, 0.25) is 0 Å². The van der Waals surface area contributed by atoms with Gasteiger partial charge in [-0.25, -0.2) is 0 Å². The molecule has 5 aliphatic rings. The van der Waals surface area contributed by atoms with Crippen LogP contribution in [0.25, 0.3) is 10.9 Å². The number of para-hydroxylation sites is 1. The van der Waals surface area contributed by atoms with Crippen LogP contribution in [0.15, 0.2) is 24.3 Å². The van der Waals surface area contributed by atoms with Crippen molar-refractivity contribution in [1.82, 2.24) is 14.8 Å². The summed E-state index contributed by atoms with van der Waals surface area (Å²) < 4.78 is 5.75. The predicted molar refractivity (Wildman–Crippen MR) is 93.9 cm³/mol. The van der Waals surface area contributed by atoms with E-state index in [0.29, 0.717) is 12.1 Å². The van der Waals surface area contributed by atoms with Crippen molar-refractivity contribution in [3.63, 3.8) is 0 Å². The molecule has 5 aliphatic heterocycles. The van der Waals surface area contributed by atoms with Crippen LogP contribution in [0.3, 0.4) is 0 Å². The molecule has 0 radical (unpaired) electrons. The zero-order valence-corrected chi connectivity index (χ0v) is 14.1. The van der Waals surface area contributed by atoms with Crippen LogP contribution in [0.5, 0.6) is 0 Å². The number of H-pyrrole nitrogens is 1. The monoisotopic (exact) mass is 323 g/mol. The number of aromatic amines is 1. The first-order chi connectivity index (χ1) is 11.9. The van der Waals surface area contributed by atoms with Crippen LogP contribution >= 0.6 is 0 Å².